The maximum absolute atomic E-state index is 6.05. The molecular weight excluding hydrogens is 408 g/mol. The highest BCUT2D eigenvalue weighted by Gasteiger charge is 2.23. The summed E-state index contributed by atoms with van der Waals surface area (Å²) in [6.45, 7) is 9.22. The van der Waals surface area contributed by atoms with Crippen LogP contribution in [0.4, 0.5) is 0 Å². The quantitative estimate of drug-likeness (QED) is 0.269. The van der Waals surface area contributed by atoms with Gasteiger partial charge >= 0.3 is 0 Å². The van der Waals surface area contributed by atoms with Gasteiger partial charge in [-0.3, -0.25) is 0 Å². The van der Waals surface area contributed by atoms with Crippen LogP contribution in [-0.4, -0.2) is 19.8 Å². The number of ether oxygens (including phenoxy) is 3. The molecule has 0 unspecified atom stereocenters. The van der Waals surface area contributed by atoms with Gasteiger partial charge in [-0.15, -0.1) is 0 Å². The highest BCUT2D eigenvalue weighted by atomic mass is 16.7. The molecular formula is C30H44O3. The number of benzene rings is 2. The summed E-state index contributed by atoms with van der Waals surface area (Å²) < 4.78 is 18.0. The molecule has 1 aliphatic rings. The van der Waals surface area contributed by atoms with E-state index in [2.05, 4.69) is 69.3 Å². The zero-order valence-electron chi connectivity index (χ0n) is 21.1. The van der Waals surface area contributed by atoms with Gasteiger partial charge in [-0.25, -0.2) is 0 Å². The van der Waals surface area contributed by atoms with Crippen molar-refractivity contribution in [3.8, 4) is 16.9 Å². The van der Waals surface area contributed by atoms with Crippen molar-refractivity contribution in [1.82, 2.24) is 0 Å². The van der Waals surface area contributed by atoms with Gasteiger partial charge in [0.2, 0.25) is 0 Å². The Bertz CT molecular complexity index is 760. The van der Waals surface area contributed by atoms with Gasteiger partial charge in [0, 0.05) is 11.5 Å². The minimum Gasteiger partial charge on any atom is -0.494 e. The largest absolute Gasteiger partial charge is 0.494 e. The topological polar surface area (TPSA) is 27.7 Å². The minimum absolute atomic E-state index is 0.235. The zero-order chi connectivity index (χ0) is 23.3. The standard InChI is InChI=1S/C30H44O3/c1-4-6-7-8-9-12-25-22-32-30(33-23-25)28-15-13-26(14-16-28)27-17-19-29(20-18-27)31-21-10-11-24(3)5-2/h13-20,24-25,30H,4-12,21-23H2,1-3H3/t24-,25?,30?/m0/s1. The molecule has 2 aromatic rings. The molecule has 33 heavy (non-hydrogen) atoms. The van der Waals surface area contributed by atoms with Crippen molar-refractivity contribution in [1.29, 1.82) is 0 Å². The van der Waals surface area contributed by atoms with Gasteiger partial charge in [-0.1, -0.05) is 95.7 Å². The Morgan fingerprint density at radius 1 is 0.818 bits per heavy atom. The fraction of sp³-hybridized carbons (Fsp3) is 0.600. The first-order chi connectivity index (χ1) is 16.2. The molecule has 3 heteroatoms. The van der Waals surface area contributed by atoms with E-state index < -0.39 is 0 Å². The Morgan fingerprint density at radius 2 is 1.45 bits per heavy atom. The van der Waals surface area contributed by atoms with Crippen LogP contribution in [0.5, 0.6) is 5.75 Å². The second-order valence-electron chi connectivity index (χ2n) is 9.72. The summed E-state index contributed by atoms with van der Waals surface area (Å²) in [5.41, 5.74) is 3.49. The molecule has 0 aromatic heterocycles. The van der Waals surface area contributed by atoms with Crippen molar-refractivity contribution in [3.05, 3.63) is 54.1 Å². The molecule has 0 saturated carbocycles. The molecule has 0 N–H and O–H groups in total. The Hall–Kier alpha value is -1.84. The van der Waals surface area contributed by atoms with Crippen molar-refractivity contribution in [2.75, 3.05) is 19.8 Å². The smallest absolute Gasteiger partial charge is 0.183 e. The van der Waals surface area contributed by atoms with Crippen LogP contribution in [0.3, 0.4) is 0 Å². The lowest BCUT2D eigenvalue weighted by atomic mass is 10.0. The molecule has 1 fully saturated rings. The average molecular weight is 453 g/mol. The van der Waals surface area contributed by atoms with Crippen LogP contribution < -0.4 is 4.74 Å². The van der Waals surface area contributed by atoms with Crippen molar-refractivity contribution in [2.45, 2.75) is 84.8 Å². The number of unbranched alkanes of at least 4 members (excludes halogenated alkanes) is 4. The fourth-order valence-corrected chi connectivity index (χ4v) is 4.34. The van der Waals surface area contributed by atoms with Crippen molar-refractivity contribution in [3.63, 3.8) is 0 Å². The van der Waals surface area contributed by atoms with E-state index in [1.54, 1.807) is 0 Å². The predicted molar refractivity (Wildman–Crippen MR) is 138 cm³/mol. The first kappa shape index (κ1) is 25.8. The van der Waals surface area contributed by atoms with Crippen LogP contribution in [0.25, 0.3) is 11.1 Å². The molecule has 1 aliphatic heterocycles. The summed E-state index contributed by atoms with van der Waals surface area (Å²) in [4.78, 5) is 0. The third kappa shape index (κ3) is 8.79. The molecule has 1 saturated heterocycles. The molecule has 0 bridgehead atoms. The molecule has 3 nitrogen and oxygen atoms in total. The molecule has 2 aromatic carbocycles. The lowest BCUT2D eigenvalue weighted by Gasteiger charge is -2.29. The zero-order valence-corrected chi connectivity index (χ0v) is 21.1. The average Bonchev–Trinajstić information content (AvgIpc) is 2.87. The van der Waals surface area contributed by atoms with Crippen LogP contribution in [0.1, 0.15) is 90.4 Å². The van der Waals surface area contributed by atoms with Gasteiger partial charge in [-0.05, 0) is 48.4 Å². The molecule has 182 valence electrons. The van der Waals surface area contributed by atoms with Gasteiger partial charge in [0.15, 0.2) is 6.29 Å². The summed E-state index contributed by atoms with van der Waals surface area (Å²) in [5.74, 6) is 2.27. The van der Waals surface area contributed by atoms with Gasteiger partial charge in [-0.2, -0.15) is 0 Å². The first-order valence-electron chi connectivity index (χ1n) is 13.3. The third-order valence-corrected chi connectivity index (χ3v) is 6.86. The number of hydrogen-bond acceptors (Lipinski definition) is 3. The molecule has 1 heterocycles. The second kappa shape index (κ2) is 14.4. The Kier molecular flexibility index (Phi) is 11.3. The summed E-state index contributed by atoms with van der Waals surface area (Å²) in [6.07, 6.45) is 11.2. The van der Waals surface area contributed by atoms with Crippen molar-refractivity contribution < 1.29 is 14.2 Å². The van der Waals surface area contributed by atoms with Crippen LogP contribution in [-0.2, 0) is 9.47 Å². The fourth-order valence-electron chi connectivity index (χ4n) is 4.34. The van der Waals surface area contributed by atoms with Crippen LogP contribution in [0.2, 0.25) is 0 Å². The number of hydrogen-bond donors (Lipinski definition) is 0. The van der Waals surface area contributed by atoms with E-state index >= 15 is 0 Å². The maximum Gasteiger partial charge on any atom is 0.183 e. The van der Waals surface area contributed by atoms with Crippen molar-refractivity contribution in [2.24, 2.45) is 11.8 Å². The summed E-state index contributed by atoms with van der Waals surface area (Å²) in [6, 6.07) is 17.0. The second-order valence-corrected chi connectivity index (χ2v) is 9.72. The third-order valence-electron chi connectivity index (χ3n) is 6.86. The molecule has 0 amide bonds. The SMILES string of the molecule is CCCCCCCC1COC(c2ccc(-c3ccc(OCCC[C@@H](C)CC)cc3)cc2)OC1. The van der Waals surface area contributed by atoms with Gasteiger partial charge < -0.3 is 14.2 Å². The van der Waals surface area contributed by atoms with E-state index in [9.17, 15) is 0 Å². The predicted octanol–water partition coefficient (Wildman–Crippen LogP) is 8.58. The van der Waals surface area contributed by atoms with Crippen LogP contribution in [0.15, 0.2) is 48.5 Å². The highest BCUT2D eigenvalue weighted by molar-refractivity contribution is 5.64. The molecule has 1 atom stereocenters. The summed E-state index contributed by atoms with van der Waals surface area (Å²) in [7, 11) is 0. The maximum atomic E-state index is 6.05. The van der Waals surface area contributed by atoms with E-state index in [1.165, 1.54) is 62.5 Å². The van der Waals surface area contributed by atoms with Crippen LogP contribution in [0, 0.1) is 11.8 Å². The lowest BCUT2D eigenvalue weighted by molar-refractivity contribution is -0.206. The normalized spacial score (nSPS) is 19.4. The highest BCUT2D eigenvalue weighted by Crippen LogP contribution is 2.30. The van der Waals surface area contributed by atoms with E-state index in [4.69, 9.17) is 14.2 Å². The monoisotopic (exact) mass is 452 g/mol. The molecule has 0 spiro atoms. The Labute approximate surface area is 201 Å². The Balaban J connectivity index is 1.41. The Morgan fingerprint density at radius 3 is 2.09 bits per heavy atom. The van der Waals surface area contributed by atoms with E-state index in [-0.39, 0.29) is 6.29 Å². The molecule has 0 radical (unpaired) electrons. The first-order valence-corrected chi connectivity index (χ1v) is 13.3. The summed E-state index contributed by atoms with van der Waals surface area (Å²) in [5, 5.41) is 0. The number of rotatable bonds is 14. The van der Waals surface area contributed by atoms with E-state index in [0.717, 1.165) is 43.5 Å². The molecule has 0 aliphatic carbocycles. The van der Waals surface area contributed by atoms with Gasteiger partial charge in [0.1, 0.15) is 5.75 Å². The molecule has 3 rings (SSSR count). The van der Waals surface area contributed by atoms with Crippen LogP contribution >= 0.6 is 0 Å². The van der Waals surface area contributed by atoms with E-state index in [0.29, 0.717) is 5.92 Å². The van der Waals surface area contributed by atoms with E-state index in [1.807, 2.05) is 0 Å². The van der Waals surface area contributed by atoms with Gasteiger partial charge in [0.25, 0.3) is 0 Å². The lowest BCUT2D eigenvalue weighted by Crippen LogP contribution is -2.27. The minimum atomic E-state index is -0.235. The van der Waals surface area contributed by atoms with Crippen molar-refractivity contribution >= 4 is 0 Å². The van der Waals surface area contributed by atoms with Gasteiger partial charge in [0.05, 0.1) is 19.8 Å². The summed E-state index contributed by atoms with van der Waals surface area (Å²) >= 11 is 0.